The van der Waals surface area contributed by atoms with Crippen molar-refractivity contribution in [2.75, 3.05) is 29.1 Å². The highest BCUT2D eigenvalue weighted by Gasteiger charge is 2.24. The minimum absolute atomic E-state index is 0.0956. The first kappa shape index (κ1) is 37.2. The minimum Gasteiger partial charge on any atom is -0.444 e. The van der Waals surface area contributed by atoms with Crippen LogP contribution in [0.4, 0.5) is 16.7 Å². The fourth-order valence-corrected chi connectivity index (χ4v) is 3.16. The summed E-state index contributed by atoms with van der Waals surface area (Å²) in [5, 5.41) is 5.33. The average molecular weight is 665 g/mol. The maximum atomic E-state index is 12.5. The Labute approximate surface area is 261 Å². The number of hydrogen-bond acceptors (Lipinski definition) is 10. The molecule has 0 radical (unpaired) electrons. The molecule has 2 heterocycles. The monoisotopic (exact) mass is 663 g/mol. The molecular weight excluding hydrogens is 622 g/mol. The van der Waals surface area contributed by atoms with Crippen LogP contribution >= 0.6 is 15.9 Å². The van der Waals surface area contributed by atoms with Gasteiger partial charge < -0.3 is 9.64 Å². The Morgan fingerprint density at radius 2 is 1.23 bits per heavy atom. The number of carbonyl (C=O) groups is 5. The van der Waals surface area contributed by atoms with Gasteiger partial charge in [-0.2, -0.15) is 0 Å². The summed E-state index contributed by atoms with van der Waals surface area (Å²) >= 11 is 3.05. The molecule has 2 aromatic heterocycles. The summed E-state index contributed by atoms with van der Waals surface area (Å²) in [6, 6.07) is 0. The van der Waals surface area contributed by atoms with Crippen molar-refractivity contribution in [1.29, 1.82) is 0 Å². The van der Waals surface area contributed by atoms with Crippen LogP contribution in [0.5, 0.6) is 0 Å². The number of alkyl halides is 1. The van der Waals surface area contributed by atoms with E-state index in [9.17, 15) is 24.0 Å². The Bertz CT molecular complexity index is 1230. The van der Waals surface area contributed by atoms with Crippen molar-refractivity contribution in [3.05, 3.63) is 35.9 Å². The molecule has 0 aliphatic heterocycles. The summed E-state index contributed by atoms with van der Waals surface area (Å²) in [7, 11) is 0. The molecular formula is C29H42BrN7O6. The van der Waals surface area contributed by atoms with Crippen molar-refractivity contribution in [3.8, 4) is 0 Å². The largest absolute Gasteiger partial charge is 0.444 e. The molecule has 43 heavy (non-hydrogen) atoms. The van der Waals surface area contributed by atoms with Crippen LogP contribution in [0.1, 0.15) is 88.9 Å². The van der Waals surface area contributed by atoms with Gasteiger partial charge in [0.2, 0.25) is 23.7 Å². The molecule has 0 spiro atoms. The summed E-state index contributed by atoms with van der Waals surface area (Å²) in [4.78, 5) is 76.2. The van der Waals surface area contributed by atoms with Crippen LogP contribution in [0.15, 0.2) is 24.8 Å². The number of nitrogens with zero attached hydrogens (tertiary/aromatic N) is 5. The second-order valence-corrected chi connectivity index (χ2v) is 11.7. The second kappa shape index (κ2) is 18.0. The number of hydrogen-bond donors (Lipinski definition) is 2. The molecule has 0 aromatic carbocycles. The lowest BCUT2D eigenvalue weighted by Gasteiger charge is -2.27. The Hall–Kier alpha value is -3.81. The maximum Gasteiger partial charge on any atom is 0.410 e. The third-order valence-corrected chi connectivity index (χ3v) is 5.86. The summed E-state index contributed by atoms with van der Waals surface area (Å²) < 4.78 is 5.37. The van der Waals surface area contributed by atoms with Gasteiger partial charge in [-0.25, -0.2) is 24.7 Å². The fourth-order valence-electron chi connectivity index (χ4n) is 2.83. The van der Waals surface area contributed by atoms with E-state index in [2.05, 4.69) is 46.5 Å². The first-order valence-electron chi connectivity index (χ1n) is 13.9. The zero-order valence-corrected chi connectivity index (χ0v) is 27.6. The molecule has 0 aliphatic rings. The van der Waals surface area contributed by atoms with Gasteiger partial charge in [-0.1, -0.05) is 57.0 Å². The first-order chi connectivity index (χ1) is 20.1. The summed E-state index contributed by atoms with van der Waals surface area (Å²) in [5.74, 6) is -0.724. The summed E-state index contributed by atoms with van der Waals surface area (Å²) in [6.07, 6.45) is 6.62. The van der Waals surface area contributed by atoms with E-state index in [1.165, 1.54) is 29.7 Å². The Kier molecular flexibility index (Phi) is 15.6. The van der Waals surface area contributed by atoms with Gasteiger partial charge in [0, 0.05) is 43.2 Å². The highest BCUT2D eigenvalue weighted by Crippen LogP contribution is 2.12. The van der Waals surface area contributed by atoms with E-state index in [1.54, 1.807) is 48.5 Å². The average Bonchev–Trinajstić information content (AvgIpc) is 2.94. The van der Waals surface area contributed by atoms with Gasteiger partial charge in [-0.05, 0) is 27.2 Å². The first-order valence-corrected chi connectivity index (χ1v) is 15.1. The maximum absolute atomic E-state index is 12.5. The number of amides is 3. The van der Waals surface area contributed by atoms with Gasteiger partial charge in [-0.15, -0.1) is 0 Å². The molecule has 0 bridgehead atoms. The van der Waals surface area contributed by atoms with Crippen molar-refractivity contribution in [1.82, 2.24) is 24.8 Å². The van der Waals surface area contributed by atoms with Crippen molar-refractivity contribution in [2.45, 2.75) is 73.8 Å². The molecule has 13 nitrogen and oxygen atoms in total. The van der Waals surface area contributed by atoms with Crippen LogP contribution in [0.3, 0.4) is 0 Å². The van der Waals surface area contributed by atoms with Crippen LogP contribution in [0.2, 0.25) is 0 Å². The number of halogens is 1. The summed E-state index contributed by atoms with van der Waals surface area (Å²) in [5.41, 5.74) is 0.0475. The van der Waals surface area contributed by atoms with E-state index in [-0.39, 0.29) is 64.6 Å². The van der Waals surface area contributed by atoms with Crippen LogP contribution in [-0.2, 0) is 14.3 Å². The highest BCUT2D eigenvalue weighted by molar-refractivity contribution is 9.09. The van der Waals surface area contributed by atoms with Crippen LogP contribution in [0, 0.1) is 11.8 Å². The minimum atomic E-state index is -0.635. The van der Waals surface area contributed by atoms with Gasteiger partial charge in [-0.3, -0.25) is 29.8 Å². The smallest absolute Gasteiger partial charge is 0.410 e. The zero-order valence-electron chi connectivity index (χ0n) is 26.1. The third-order valence-electron chi connectivity index (χ3n) is 5.36. The predicted octanol–water partition coefficient (Wildman–Crippen LogP) is 4.94. The van der Waals surface area contributed by atoms with Crippen LogP contribution in [-0.4, -0.2) is 78.3 Å². The number of Topliss-reactive ketones (excluding diaryl/α,β-unsaturated/α-hetero) is 2. The van der Waals surface area contributed by atoms with Gasteiger partial charge in [0.05, 0.1) is 23.0 Å². The van der Waals surface area contributed by atoms with Crippen LogP contribution in [0.25, 0.3) is 0 Å². The van der Waals surface area contributed by atoms with Crippen LogP contribution < -0.4 is 10.6 Å². The molecule has 2 N–H and O–H groups in total. The Morgan fingerprint density at radius 1 is 0.814 bits per heavy atom. The predicted molar refractivity (Wildman–Crippen MR) is 166 cm³/mol. The van der Waals surface area contributed by atoms with E-state index >= 15 is 0 Å². The molecule has 236 valence electrons. The number of rotatable bonds is 12. The number of ether oxygens (including phenoxy) is 1. The molecule has 0 unspecified atom stereocenters. The highest BCUT2D eigenvalue weighted by atomic mass is 79.9. The van der Waals surface area contributed by atoms with Gasteiger partial charge in [0.1, 0.15) is 5.60 Å². The van der Waals surface area contributed by atoms with E-state index in [1.807, 2.05) is 6.92 Å². The number of unbranched alkanes of at least 4 members (excludes halogenated alkanes) is 1. The second-order valence-electron chi connectivity index (χ2n) is 11.1. The number of carbonyl (C=O) groups excluding carboxylic acids is 5. The molecule has 14 heteroatoms. The number of ketones is 2. The molecule has 0 saturated carbocycles. The van der Waals surface area contributed by atoms with Crippen molar-refractivity contribution in [2.24, 2.45) is 11.8 Å². The topological polar surface area (TPSA) is 173 Å². The number of nitrogens with one attached hydrogen (secondary N) is 2. The van der Waals surface area contributed by atoms with E-state index in [4.69, 9.17) is 4.74 Å². The van der Waals surface area contributed by atoms with E-state index < -0.39 is 11.7 Å². The third kappa shape index (κ3) is 14.3. The van der Waals surface area contributed by atoms with E-state index in [0.717, 1.165) is 12.8 Å². The Morgan fingerprint density at radius 3 is 1.58 bits per heavy atom. The quantitative estimate of drug-likeness (QED) is 0.234. The van der Waals surface area contributed by atoms with Gasteiger partial charge >= 0.3 is 6.09 Å². The van der Waals surface area contributed by atoms with Crippen molar-refractivity contribution >= 4 is 57.3 Å². The fraction of sp³-hybridized carbons (Fsp3) is 0.552. The molecule has 3 amide bonds. The standard InChI is InChI=1S/C19H30N4O4.C10H12BrN3O2/c1-7-8-9-23(18(26)27-19(4,5)6)12-15(24)14-10-20-17(21-11-14)22-16(25)13(2)3;1-6(2)9(16)14-10-12-4-7(5-13-10)8(15)3-11/h10-11,13H,7-9,12H2,1-6H3,(H,20,21,22,25);4-6H,3H2,1-2H3,(H,12,13,14,16). The lowest BCUT2D eigenvalue weighted by molar-refractivity contribution is -0.119. The Balaban J connectivity index is 0.000000490. The van der Waals surface area contributed by atoms with Crippen molar-refractivity contribution < 1.29 is 28.7 Å². The molecule has 0 saturated heterocycles. The van der Waals surface area contributed by atoms with E-state index in [0.29, 0.717) is 12.1 Å². The lowest BCUT2D eigenvalue weighted by atomic mass is 10.2. The van der Waals surface area contributed by atoms with Crippen molar-refractivity contribution in [3.63, 3.8) is 0 Å². The summed E-state index contributed by atoms with van der Waals surface area (Å²) in [6.45, 7) is 14.7. The number of aromatic nitrogens is 4. The normalized spacial score (nSPS) is 10.9. The van der Waals surface area contributed by atoms with Gasteiger partial charge in [0.15, 0.2) is 11.6 Å². The SMILES string of the molecule is CC(C)C(=O)Nc1ncc(C(=O)CBr)cn1.CCCCN(CC(=O)c1cnc(NC(=O)C(C)C)nc1)C(=O)OC(C)(C)C. The molecule has 2 rings (SSSR count). The lowest BCUT2D eigenvalue weighted by Crippen LogP contribution is -2.40. The zero-order chi connectivity index (χ0) is 32.7. The molecule has 0 fully saturated rings. The molecule has 2 aromatic rings. The van der Waals surface area contributed by atoms with Gasteiger partial charge in [0.25, 0.3) is 0 Å². The molecule has 0 aliphatic carbocycles. The number of anilines is 2. The molecule has 0 atom stereocenters.